The molecule has 0 spiro atoms. The number of rotatable bonds is 4. The highest BCUT2D eigenvalue weighted by Crippen LogP contribution is 2.05. The molecule has 1 atom stereocenters. The Bertz CT molecular complexity index is 542. The number of carboxylic acid groups (broad SMARTS) is 1. The number of aromatic carboxylic acids is 1. The fourth-order valence-electron chi connectivity index (χ4n) is 2.07. The first-order valence-electron chi connectivity index (χ1n) is 6.70. The highest BCUT2D eigenvalue weighted by atomic mass is 16.4. The lowest BCUT2D eigenvalue weighted by atomic mass is 10.1. The SMILES string of the molecule is O=C(NCc1ccc(C(=O)O)cc1)NC1CCCNC1=O. The Morgan fingerprint density at radius 1 is 1.29 bits per heavy atom. The molecule has 7 nitrogen and oxygen atoms in total. The molecule has 1 aromatic rings. The summed E-state index contributed by atoms with van der Waals surface area (Å²) in [6.07, 6.45) is 1.47. The fourth-order valence-corrected chi connectivity index (χ4v) is 2.07. The summed E-state index contributed by atoms with van der Waals surface area (Å²) in [5.41, 5.74) is 0.977. The standard InChI is InChI=1S/C14H17N3O4/c18-12-11(2-1-7-15-12)17-14(21)16-8-9-3-5-10(6-4-9)13(19)20/h3-6,11H,1-2,7-8H2,(H,15,18)(H,19,20)(H2,16,17,21). The number of amides is 3. The van der Waals surface area contributed by atoms with Crippen LogP contribution in [-0.4, -0.2) is 35.6 Å². The van der Waals surface area contributed by atoms with Crippen molar-refractivity contribution in [1.82, 2.24) is 16.0 Å². The Morgan fingerprint density at radius 3 is 2.62 bits per heavy atom. The van der Waals surface area contributed by atoms with Crippen LogP contribution in [0, 0.1) is 0 Å². The zero-order valence-corrected chi connectivity index (χ0v) is 11.4. The van der Waals surface area contributed by atoms with Gasteiger partial charge in [0.05, 0.1) is 5.56 Å². The van der Waals surface area contributed by atoms with Gasteiger partial charge in [-0.05, 0) is 30.5 Å². The Kier molecular flexibility index (Phi) is 4.76. The summed E-state index contributed by atoms with van der Waals surface area (Å²) in [6.45, 7) is 0.911. The minimum Gasteiger partial charge on any atom is -0.478 e. The number of hydrogen-bond donors (Lipinski definition) is 4. The number of carbonyl (C=O) groups is 3. The second-order valence-electron chi connectivity index (χ2n) is 4.81. The molecule has 1 heterocycles. The minimum absolute atomic E-state index is 0.165. The first kappa shape index (κ1) is 14.8. The molecule has 0 saturated carbocycles. The largest absolute Gasteiger partial charge is 0.478 e. The van der Waals surface area contributed by atoms with E-state index in [2.05, 4.69) is 16.0 Å². The van der Waals surface area contributed by atoms with Crippen LogP contribution in [0.5, 0.6) is 0 Å². The van der Waals surface area contributed by atoms with E-state index in [0.717, 1.165) is 12.0 Å². The zero-order chi connectivity index (χ0) is 15.2. The van der Waals surface area contributed by atoms with Crippen molar-refractivity contribution in [2.45, 2.75) is 25.4 Å². The number of carboxylic acids is 1. The maximum Gasteiger partial charge on any atom is 0.335 e. The van der Waals surface area contributed by atoms with Crippen LogP contribution in [-0.2, 0) is 11.3 Å². The lowest BCUT2D eigenvalue weighted by Crippen LogP contribution is -2.52. The third kappa shape index (κ3) is 4.20. The van der Waals surface area contributed by atoms with Crippen LogP contribution in [0.3, 0.4) is 0 Å². The molecule has 21 heavy (non-hydrogen) atoms. The number of piperidine rings is 1. The maximum atomic E-state index is 11.7. The molecule has 7 heteroatoms. The lowest BCUT2D eigenvalue weighted by Gasteiger charge is -2.22. The number of nitrogens with one attached hydrogen (secondary N) is 3. The molecule has 4 N–H and O–H groups in total. The van der Waals surface area contributed by atoms with Gasteiger partial charge in [0.2, 0.25) is 5.91 Å². The van der Waals surface area contributed by atoms with Crippen LogP contribution in [0.25, 0.3) is 0 Å². The Balaban J connectivity index is 1.80. The van der Waals surface area contributed by atoms with E-state index >= 15 is 0 Å². The van der Waals surface area contributed by atoms with E-state index in [4.69, 9.17) is 5.11 Å². The molecule has 2 rings (SSSR count). The normalized spacial score (nSPS) is 17.7. The van der Waals surface area contributed by atoms with E-state index in [0.29, 0.717) is 13.0 Å². The van der Waals surface area contributed by atoms with Gasteiger partial charge in [-0.25, -0.2) is 9.59 Å². The number of carbonyl (C=O) groups excluding carboxylic acids is 2. The predicted octanol–water partition coefficient (Wildman–Crippen LogP) is 0.463. The van der Waals surface area contributed by atoms with E-state index < -0.39 is 18.0 Å². The number of hydrogen-bond acceptors (Lipinski definition) is 3. The molecule has 1 fully saturated rings. The number of urea groups is 1. The van der Waals surface area contributed by atoms with Crippen LogP contribution < -0.4 is 16.0 Å². The van der Waals surface area contributed by atoms with Gasteiger partial charge < -0.3 is 21.1 Å². The third-order valence-corrected chi connectivity index (χ3v) is 3.24. The Hall–Kier alpha value is -2.57. The van der Waals surface area contributed by atoms with Crippen LogP contribution in [0.15, 0.2) is 24.3 Å². The summed E-state index contributed by atoms with van der Waals surface area (Å²) in [5, 5.41) is 16.7. The molecule has 0 radical (unpaired) electrons. The second-order valence-corrected chi connectivity index (χ2v) is 4.81. The fraction of sp³-hybridized carbons (Fsp3) is 0.357. The molecule has 112 valence electrons. The topological polar surface area (TPSA) is 108 Å². The molecular formula is C14H17N3O4. The monoisotopic (exact) mass is 291 g/mol. The molecule has 0 aliphatic carbocycles. The third-order valence-electron chi connectivity index (χ3n) is 3.24. The van der Waals surface area contributed by atoms with Gasteiger partial charge in [0, 0.05) is 13.1 Å². The minimum atomic E-state index is -0.990. The number of benzene rings is 1. The van der Waals surface area contributed by atoms with Crippen molar-refractivity contribution < 1.29 is 19.5 Å². The van der Waals surface area contributed by atoms with Gasteiger partial charge >= 0.3 is 12.0 Å². The lowest BCUT2D eigenvalue weighted by molar-refractivity contribution is -0.124. The van der Waals surface area contributed by atoms with Gasteiger partial charge in [-0.2, -0.15) is 0 Å². The van der Waals surface area contributed by atoms with E-state index in [-0.39, 0.29) is 18.0 Å². The van der Waals surface area contributed by atoms with E-state index in [1.165, 1.54) is 12.1 Å². The predicted molar refractivity (Wildman–Crippen MR) is 74.8 cm³/mol. The van der Waals surface area contributed by atoms with E-state index in [9.17, 15) is 14.4 Å². The van der Waals surface area contributed by atoms with Gasteiger partial charge in [-0.15, -0.1) is 0 Å². The van der Waals surface area contributed by atoms with Gasteiger partial charge in [0.1, 0.15) is 6.04 Å². The van der Waals surface area contributed by atoms with Crippen molar-refractivity contribution >= 4 is 17.9 Å². The van der Waals surface area contributed by atoms with Crippen molar-refractivity contribution in [2.24, 2.45) is 0 Å². The van der Waals surface area contributed by atoms with Gasteiger partial charge in [0.15, 0.2) is 0 Å². The first-order valence-corrected chi connectivity index (χ1v) is 6.70. The molecule has 0 aromatic heterocycles. The zero-order valence-electron chi connectivity index (χ0n) is 11.4. The van der Waals surface area contributed by atoms with E-state index in [1.54, 1.807) is 12.1 Å². The van der Waals surface area contributed by atoms with Gasteiger partial charge in [0.25, 0.3) is 0 Å². The van der Waals surface area contributed by atoms with Crippen molar-refractivity contribution in [3.8, 4) is 0 Å². The molecular weight excluding hydrogens is 274 g/mol. The summed E-state index contributed by atoms with van der Waals surface area (Å²) >= 11 is 0. The summed E-state index contributed by atoms with van der Waals surface area (Å²) < 4.78 is 0. The highest BCUT2D eigenvalue weighted by Gasteiger charge is 2.23. The maximum absolute atomic E-state index is 11.7. The van der Waals surface area contributed by atoms with Crippen molar-refractivity contribution in [2.75, 3.05) is 6.54 Å². The van der Waals surface area contributed by atoms with Gasteiger partial charge in [-0.3, -0.25) is 4.79 Å². The molecule has 1 aliphatic rings. The van der Waals surface area contributed by atoms with Crippen LogP contribution in [0.2, 0.25) is 0 Å². The Morgan fingerprint density at radius 2 is 2.00 bits per heavy atom. The van der Waals surface area contributed by atoms with E-state index in [1.807, 2.05) is 0 Å². The molecule has 1 aromatic carbocycles. The summed E-state index contributed by atoms with van der Waals surface area (Å²) in [4.78, 5) is 33.9. The van der Waals surface area contributed by atoms with Crippen LogP contribution in [0.1, 0.15) is 28.8 Å². The highest BCUT2D eigenvalue weighted by molar-refractivity contribution is 5.88. The molecule has 0 bridgehead atoms. The Labute approximate surface area is 121 Å². The molecule has 1 saturated heterocycles. The summed E-state index contributed by atoms with van der Waals surface area (Å²) in [5.74, 6) is -1.15. The molecule has 3 amide bonds. The summed E-state index contributed by atoms with van der Waals surface area (Å²) in [7, 11) is 0. The first-order chi connectivity index (χ1) is 10.1. The average molecular weight is 291 g/mol. The summed E-state index contributed by atoms with van der Waals surface area (Å²) in [6, 6.07) is 5.32. The van der Waals surface area contributed by atoms with Crippen LogP contribution >= 0.6 is 0 Å². The average Bonchev–Trinajstić information content (AvgIpc) is 2.48. The van der Waals surface area contributed by atoms with Crippen molar-refractivity contribution in [1.29, 1.82) is 0 Å². The second kappa shape index (κ2) is 6.74. The van der Waals surface area contributed by atoms with Gasteiger partial charge in [-0.1, -0.05) is 12.1 Å². The molecule has 1 unspecified atom stereocenters. The molecule has 1 aliphatic heterocycles. The smallest absolute Gasteiger partial charge is 0.335 e. The quantitative estimate of drug-likeness (QED) is 0.646. The van der Waals surface area contributed by atoms with Crippen molar-refractivity contribution in [3.63, 3.8) is 0 Å². The van der Waals surface area contributed by atoms with Crippen LogP contribution in [0.4, 0.5) is 4.79 Å². The van der Waals surface area contributed by atoms with Crippen molar-refractivity contribution in [3.05, 3.63) is 35.4 Å².